The number of guanidine groups is 1. The lowest BCUT2D eigenvalue weighted by atomic mass is 10.1. The van der Waals surface area contributed by atoms with Crippen molar-refractivity contribution in [2.24, 2.45) is 4.99 Å². The van der Waals surface area contributed by atoms with Crippen molar-refractivity contribution in [1.29, 1.82) is 0 Å². The zero-order valence-electron chi connectivity index (χ0n) is 13.4. The van der Waals surface area contributed by atoms with Gasteiger partial charge in [0.2, 0.25) is 0 Å². The summed E-state index contributed by atoms with van der Waals surface area (Å²) in [7, 11) is 7.99. The van der Waals surface area contributed by atoms with Crippen molar-refractivity contribution in [2.75, 3.05) is 34.7 Å². The van der Waals surface area contributed by atoms with Crippen molar-refractivity contribution < 1.29 is 0 Å². The standard InChI is InChI=1S/C16H28N4/c1-14(11-12-18-16(17-2)19(3)4)20(5)13-15-9-7-6-8-10-15/h6-10,14H,11-13H2,1-5H3,(H,17,18). The normalized spacial score (nSPS) is 13.4. The van der Waals surface area contributed by atoms with Gasteiger partial charge in [0, 0.05) is 40.3 Å². The summed E-state index contributed by atoms with van der Waals surface area (Å²) >= 11 is 0. The maximum absolute atomic E-state index is 4.21. The summed E-state index contributed by atoms with van der Waals surface area (Å²) in [6, 6.07) is 11.1. The minimum Gasteiger partial charge on any atom is -0.356 e. The van der Waals surface area contributed by atoms with Gasteiger partial charge in [-0.3, -0.25) is 9.89 Å². The maximum Gasteiger partial charge on any atom is 0.193 e. The van der Waals surface area contributed by atoms with E-state index in [-0.39, 0.29) is 0 Å². The number of benzene rings is 1. The predicted octanol–water partition coefficient (Wildman–Crippen LogP) is 2.03. The van der Waals surface area contributed by atoms with Gasteiger partial charge in [0.15, 0.2) is 5.96 Å². The molecule has 0 radical (unpaired) electrons. The van der Waals surface area contributed by atoms with Gasteiger partial charge < -0.3 is 10.2 Å². The number of aliphatic imine (C=N–C) groups is 1. The van der Waals surface area contributed by atoms with Crippen LogP contribution in [0.2, 0.25) is 0 Å². The van der Waals surface area contributed by atoms with Crippen molar-refractivity contribution in [3.05, 3.63) is 35.9 Å². The largest absolute Gasteiger partial charge is 0.356 e. The molecule has 0 aromatic heterocycles. The molecule has 0 aliphatic carbocycles. The molecule has 112 valence electrons. The molecule has 0 saturated carbocycles. The number of hydrogen-bond acceptors (Lipinski definition) is 2. The molecule has 0 aliphatic heterocycles. The number of nitrogens with one attached hydrogen (secondary N) is 1. The van der Waals surface area contributed by atoms with E-state index < -0.39 is 0 Å². The average molecular weight is 276 g/mol. The van der Waals surface area contributed by atoms with Crippen LogP contribution < -0.4 is 5.32 Å². The Morgan fingerprint density at radius 2 is 1.85 bits per heavy atom. The SMILES string of the molecule is CN=C(NCCC(C)N(C)Cc1ccccc1)N(C)C. The topological polar surface area (TPSA) is 30.9 Å². The summed E-state index contributed by atoms with van der Waals surface area (Å²) in [4.78, 5) is 8.60. The van der Waals surface area contributed by atoms with Crippen molar-refractivity contribution in [1.82, 2.24) is 15.1 Å². The minimum absolute atomic E-state index is 0.531. The van der Waals surface area contributed by atoms with Crippen LogP contribution in [0.5, 0.6) is 0 Å². The third-order valence-corrected chi connectivity index (χ3v) is 3.51. The van der Waals surface area contributed by atoms with E-state index in [1.807, 2.05) is 26.0 Å². The second kappa shape index (κ2) is 8.59. The predicted molar refractivity (Wildman–Crippen MR) is 87.0 cm³/mol. The lowest BCUT2D eigenvalue weighted by molar-refractivity contribution is 0.238. The Balaban J connectivity index is 2.33. The van der Waals surface area contributed by atoms with Crippen LogP contribution >= 0.6 is 0 Å². The Kier molecular flexibility index (Phi) is 7.09. The van der Waals surface area contributed by atoms with E-state index >= 15 is 0 Å². The highest BCUT2D eigenvalue weighted by Crippen LogP contribution is 2.07. The molecular formula is C16H28N4. The maximum atomic E-state index is 4.21. The summed E-state index contributed by atoms with van der Waals surface area (Å²) in [6.45, 7) is 4.19. The quantitative estimate of drug-likeness (QED) is 0.637. The molecule has 4 nitrogen and oxygen atoms in total. The number of hydrogen-bond donors (Lipinski definition) is 1. The third-order valence-electron chi connectivity index (χ3n) is 3.51. The molecule has 4 heteroatoms. The summed E-state index contributed by atoms with van der Waals surface area (Å²) in [5.41, 5.74) is 1.36. The Morgan fingerprint density at radius 1 is 1.20 bits per heavy atom. The highest BCUT2D eigenvalue weighted by molar-refractivity contribution is 5.79. The van der Waals surface area contributed by atoms with E-state index in [9.17, 15) is 0 Å². The second-order valence-corrected chi connectivity index (χ2v) is 5.41. The van der Waals surface area contributed by atoms with Gasteiger partial charge >= 0.3 is 0 Å². The third kappa shape index (κ3) is 5.61. The molecule has 1 aromatic carbocycles. The monoisotopic (exact) mass is 276 g/mol. The van der Waals surface area contributed by atoms with E-state index in [4.69, 9.17) is 0 Å². The fraction of sp³-hybridized carbons (Fsp3) is 0.562. The van der Waals surface area contributed by atoms with Gasteiger partial charge in [-0.05, 0) is 26.0 Å². The van der Waals surface area contributed by atoms with Gasteiger partial charge in [0.25, 0.3) is 0 Å². The van der Waals surface area contributed by atoms with Crippen LogP contribution in [0.1, 0.15) is 18.9 Å². The summed E-state index contributed by atoms with van der Waals surface area (Å²) in [5, 5.41) is 3.37. The number of nitrogens with zero attached hydrogens (tertiary/aromatic N) is 3. The first-order chi connectivity index (χ1) is 9.54. The number of rotatable bonds is 6. The molecule has 0 heterocycles. The van der Waals surface area contributed by atoms with Crippen molar-refractivity contribution in [3.8, 4) is 0 Å². The first-order valence-corrected chi connectivity index (χ1v) is 7.16. The van der Waals surface area contributed by atoms with Crippen LogP contribution in [0.3, 0.4) is 0 Å². The van der Waals surface area contributed by atoms with Gasteiger partial charge in [-0.1, -0.05) is 30.3 Å². The highest BCUT2D eigenvalue weighted by Gasteiger charge is 2.10. The highest BCUT2D eigenvalue weighted by atomic mass is 15.3. The molecular weight excluding hydrogens is 248 g/mol. The lowest BCUT2D eigenvalue weighted by Gasteiger charge is -2.25. The van der Waals surface area contributed by atoms with Crippen LogP contribution in [0, 0.1) is 0 Å². The molecule has 1 N–H and O–H groups in total. The van der Waals surface area contributed by atoms with Gasteiger partial charge in [-0.25, -0.2) is 0 Å². The Morgan fingerprint density at radius 3 is 2.40 bits per heavy atom. The van der Waals surface area contributed by atoms with E-state index in [1.54, 1.807) is 0 Å². The summed E-state index contributed by atoms with van der Waals surface area (Å²) in [6.07, 6.45) is 1.09. The van der Waals surface area contributed by atoms with Gasteiger partial charge in [-0.2, -0.15) is 0 Å². The van der Waals surface area contributed by atoms with Crippen LogP contribution in [0.15, 0.2) is 35.3 Å². The summed E-state index contributed by atoms with van der Waals surface area (Å²) < 4.78 is 0. The van der Waals surface area contributed by atoms with Crippen LogP contribution in [-0.4, -0.2) is 56.5 Å². The molecule has 20 heavy (non-hydrogen) atoms. The van der Waals surface area contributed by atoms with Crippen LogP contribution in [0.25, 0.3) is 0 Å². The zero-order chi connectivity index (χ0) is 15.0. The Hall–Kier alpha value is -1.55. The molecule has 0 spiro atoms. The van der Waals surface area contributed by atoms with E-state index in [2.05, 4.69) is 59.5 Å². The Bertz CT molecular complexity index is 400. The molecule has 0 aliphatic rings. The van der Waals surface area contributed by atoms with Crippen LogP contribution in [-0.2, 0) is 6.54 Å². The molecule has 1 rings (SSSR count). The fourth-order valence-electron chi connectivity index (χ4n) is 2.08. The Labute approximate surface area is 123 Å². The minimum atomic E-state index is 0.531. The van der Waals surface area contributed by atoms with E-state index in [0.717, 1.165) is 25.5 Å². The molecule has 1 unspecified atom stereocenters. The molecule has 1 aromatic rings. The molecule has 0 fully saturated rings. The van der Waals surface area contributed by atoms with Crippen LogP contribution in [0.4, 0.5) is 0 Å². The first-order valence-electron chi connectivity index (χ1n) is 7.16. The first kappa shape index (κ1) is 16.5. The average Bonchev–Trinajstić information content (AvgIpc) is 2.44. The van der Waals surface area contributed by atoms with E-state index in [1.165, 1.54) is 5.56 Å². The second-order valence-electron chi connectivity index (χ2n) is 5.41. The van der Waals surface area contributed by atoms with Crippen molar-refractivity contribution in [3.63, 3.8) is 0 Å². The zero-order valence-corrected chi connectivity index (χ0v) is 13.4. The lowest BCUT2D eigenvalue weighted by Crippen LogP contribution is -2.39. The van der Waals surface area contributed by atoms with Crippen molar-refractivity contribution in [2.45, 2.75) is 25.9 Å². The molecule has 0 saturated heterocycles. The van der Waals surface area contributed by atoms with Gasteiger partial charge in [0.1, 0.15) is 0 Å². The summed E-state index contributed by atoms with van der Waals surface area (Å²) in [5.74, 6) is 0.933. The van der Waals surface area contributed by atoms with Gasteiger partial charge in [-0.15, -0.1) is 0 Å². The van der Waals surface area contributed by atoms with Gasteiger partial charge in [0.05, 0.1) is 0 Å². The smallest absolute Gasteiger partial charge is 0.193 e. The van der Waals surface area contributed by atoms with E-state index in [0.29, 0.717) is 6.04 Å². The molecule has 0 amide bonds. The van der Waals surface area contributed by atoms with Crippen molar-refractivity contribution >= 4 is 5.96 Å². The fourth-order valence-corrected chi connectivity index (χ4v) is 2.08. The molecule has 1 atom stereocenters. The molecule has 0 bridgehead atoms.